The highest BCUT2D eigenvalue weighted by atomic mass is 35.5. The summed E-state index contributed by atoms with van der Waals surface area (Å²) in [4.78, 5) is 23.2. The Bertz CT molecular complexity index is 560. The van der Waals surface area contributed by atoms with Crippen LogP contribution in [-0.2, 0) is 19.1 Å². The largest absolute Gasteiger partial charge is 0.449 e. The summed E-state index contributed by atoms with van der Waals surface area (Å²) < 4.78 is 9.79. The summed E-state index contributed by atoms with van der Waals surface area (Å²) >= 11 is 11.7. The average Bonchev–Trinajstić information content (AvgIpc) is 2.48. The Morgan fingerprint density at radius 3 is 2.68 bits per heavy atom. The molecule has 0 saturated carbocycles. The number of carbonyl (C=O) groups excluding carboxylic acids is 2. The van der Waals surface area contributed by atoms with Gasteiger partial charge in [0.25, 0.3) is 5.91 Å². The molecule has 1 N–H and O–H groups in total. The topological polar surface area (TPSA) is 64.6 Å². The van der Waals surface area contributed by atoms with Gasteiger partial charge in [0, 0.05) is 19.7 Å². The van der Waals surface area contributed by atoms with Gasteiger partial charge in [0.05, 0.1) is 16.7 Å². The molecule has 0 saturated heterocycles. The van der Waals surface area contributed by atoms with Crippen LogP contribution in [-0.4, -0.2) is 38.2 Å². The summed E-state index contributed by atoms with van der Waals surface area (Å²) in [5.74, 6) is -1.01. The lowest BCUT2D eigenvalue weighted by atomic mass is 10.2. The molecule has 1 aromatic rings. The third-order valence-corrected chi connectivity index (χ3v) is 3.36. The first kappa shape index (κ1) is 18.5. The van der Waals surface area contributed by atoms with Gasteiger partial charge in [0.2, 0.25) is 0 Å². The molecule has 0 aliphatic rings. The van der Waals surface area contributed by atoms with E-state index in [1.165, 1.54) is 26.2 Å². The fraction of sp³-hybridized carbons (Fsp3) is 0.333. The number of benzene rings is 1. The molecule has 1 aromatic carbocycles. The summed E-state index contributed by atoms with van der Waals surface area (Å²) in [6.45, 7) is 2.24. The van der Waals surface area contributed by atoms with Gasteiger partial charge in [0.15, 0.2) is 6.10 Å². The van der Waals surface area contributed by atoms with Crippen molar-refractivity contribution in [2.45, 2.75) is 13.0 Å². The van der Waals surface area contributed by atoms with E-state index in [9.17, 15) is 9.59 Å². The maximum Gasteiger partial charge on any atom is 0.331 e. The first-order chi connectivity index (χ1) is 10.4. The maximum atomic E-state index is 11.6. The minimum Gasteiger partial charge on any atom is -0.449 e. The van der Waals surface area contributed by atoms with Crippen molar-refractivity contribution in [3.05, 3.63) is 39.9 Å². The Kier molecular flexibility index (Phi) is 7.95. The van der Waals surface area contributed by atoms with Crippen LogP contribution >= 0.6 is 23.2 Å². The summed E-state index contributed by atoms with van der Waals surface area (Å²) in [7, 11) is 1.53. The molecular formula is C15H17Cl2NO4. The van der Waals surface area contributed by atoms with Crippen molar-refractivity contribution in [1.29, 1.82) is 0 Å². The van der Waals surface area contributed by atoms with E-state index in [1.807, 2.05) is 0 Å². The molecular weight excluding hydrogens is 329 g/mol. The number of amides is 1. The van der Waals surface area contributed by atoms with E-state index in [1.54, 1.807) is 18.2 Å². The van der Waals surface area contributed by atoms with Crippen LogP contribution in [0.2, 0.25) is 10.0 Å². The minimum absolute atomic E-state index is 0.357. The summed E-state index contributed by atoms with van der Waals surface area (Å²) in [6, 6.07) is 4.95. The molecule has 22 heavy (non-hydrogen) atoms. The second kappa shape index (κ2) is 9.46. The van der Waals surface area contributed by atoms with E-state index < -0.39 is 12.1 Å². The van der Waals surface area contributed by atoms with Gasteiger partial charge in [-0.25, -0.2) is 4.79 Å². The molecule has 0 heterocycles. The molecule has 0 unspecified atom stereocenters. The highest BCUT2D eigenvalue weighted by Gasteiger charge is 2.15. The van der Waals surface area contributed by atoms with Gasteiger partial charge in [-0.1, -0.05) is 29.3 Å². The molecule has 120 valence electrons. The van der Waals surface area contributed by atoms with Gasteiger partial charge in [0.1, 0.15) is 0 Å². The van der Waals surface area contributed by atoms with E-state index in [0.29, 0.717) is 28.8 Å². The van der Waals surface area contributed by atoms with Crippen molar-refractivity contribution in [3.63, 3.8) is 0 Å². The van der Waals surface area contributed by atoms with Gasteiger partial charge < -0.3 is 14.8 Å². The number of rotatable bonds is 7. The number of hydrogen-bond acceptors (Lipinski definition) is 4. The van der Waals surface area contributed by atoms with Crippen LogP contribution in [0, 0.1) is 0 Å². The average molecular weight is 346 g/mol. The highest BCUT2D eigenvalue weighted by molar-refractivity contribution is 6.42. The maximum absolute atomic E-state index is 11.6. The fourth-order valence-corrected chi connectivity index (χ4v) is 1.77. The first-order valence-electron chi connectivity index (χ1n) is 6.54. The van der Waals surface area contributed by atoms with E-state index in [-0.39, 0.29) is 5.91 Å². The zero-order valence-electron chi connectivity index (χ0n) is 12.3. The number of hydrogen-bond donors (Lipinski definition) is 1. The van der Waals surface area contributed by atoms with Crippen LogP contribution < -0.4 is 5.32 Å². The van der Waals surface area contributed by atoms with Crippen molar-refractivity contribution < 1.29 is 19.1 Å². The molecule has 5 nitrogen and oxygen atoms in total. The predicted molar refractivity (Wildman–Crippen MR) is 85.9 cm³/mol. The third kappa shape index (κ3) is 6.47. The van der Waals surface area contributed by atoms with Gasteiger partial charge in [-0.15, -0.1) is 0 Å². The van der Waals surface area contributed by atoms with Crippen molar-refractivity contribution in [2.75, 3.05) is 20.3 Å². The zero-order valence-corrected chi connectivity index (χ0v) is 13.8. The first-order valence-corrected chi connectivity index (χ1v) is 7.30. The van der Waals surface area contributed by atoms with E-state index in [4.69, 9.17) is 32.7 Å². The van der Waals surface area contributed by atoms with Gasteiger partial charge in [-0.3, -0.25) is 4.79 Å². The van der Waals surface area contributed by atoms with Gasteiger partial charge in [-0.05, 0) is 30.7 Å². The SMILES string of the molecule is COCCNC(=O)[C@H](C)OC(=O)/C=C/c1ccc(Cl)c(Cl)c1. The molecule has 0 radical (unpaired) electrons. The van der Waals surface area contributed by atoms with Gasteiger partial charge >= 0.3 is 5.97 Å². The number of carbonyl (C=O) groups is 2. The molecule has 0 fully saturated rings. The molecule has 0 aromatic heterocycles. The Morgan fingerprint density at radius 1 is 1.32 bits per heavy atom. The van der Waals surface area contributed by atoms with Gasteiger partial charge in [-0.2, -0.15) is 0 Å². The standard InChI is InChI=1S/C15H17Cl2NO4/c1-10(15(20)18-7-8-21-2)22-14(19)6-4-11-3-5-12(16)13(17)9-11/h3-6,9-10H,7-8H2,1-2H3,(H,18,20)/b6-4+/t10-/m0/s1. The molecule has 0 aliphatic heterocycles. The fourth-order valence-electron chi connectivity index (χ4n) is 1.47. The van der Waals surface area contributed by atoms with Crippen molar-refractivity contribution in [1.82, 2.24) is 5.32 Å². The van der Waals surface area contributed by atoms with Crippen LogP contribution in [0.3, 0.4) is 0 Å². The number of halogens is 2. The lowest BCUT2D eigenvalue weighted by molar-refractivity contribution is -0.150. The van der Waals surface area contributed by atoms with Crippen LogP contribution in [0.5, 0.6) is 0 Å². The number of methoxy groups -OCH3 is 1. The molecule has 0 spiro atoms. The molecule has 1 atom stereocenters. The molecule has 0 aliphatic carbocycles. The molecule has 0 bridgehead atoms. The lowest BCUT2D eigenvalue weighted by Gasteiger charge is -2.11. The lowest BCUT2D eigenvalue weighted by Crippen LogP contribution is -2.37. The summed E-state index contributed by atoms with van der Waals surface area (Å²) in [5.41, 5.74) is 0.698. The Morgan fingerprint density at radius 2 is 2.05 bits per heavy atom. The van der Waals surface area contributed by atoms with Crippen LogP contribution in [0.15, 0.2) is 24.3 Å². The smallest absolute Gasteiger partial charge is 0.331 e. The third-order valence-electron chi connectivity index (χ3n) is 2.62. The Balaban J connectivity index is 2.49. The zero-order chi connectivity index (χ0) is 16.5. The van der Waals surface area contributed by atoms with Crippen LogP contribution in [0.4, 0.5) is 0 Å². The van der Waals surface area contributed by atoms with Crippen LogP contribution in [0.25, 0.3) is 6.08 Å². The summed E-state index contributed by atoms with van der Waals surface area (Å²) in [5, 5.41) is 3.40. The second-order valence-corrected chi connectivity index (χ2v) is 5.18. The number of esters is 1. The number of ether oxygens (including phenoxy) is 2. The normalized spacial score (nSPS) is 12.2. The van der Waals surface area contributed by atoms with Crippen molar-refractivity contribution in [2.24, 2.45) is 0 Å². The monoisotopic (exact) mass is 345 g/mol. The quantitative estimate of drug-likeness (QED) is 0.468. The van der Waals surface area contributed by atoms with Crippen molar-refractivity contribution >= 4 is 41.2 Å². The highest BCUT2D eigenvalue weighted by Crippen LogP contribution is 2.23. The second-order valence-electron chi connectivity index (χ2n) is 4.37. The Labute approximate surface area is 139 Å². The minimum atomic E-state index is -0.886. The predicted octanol–water partition coefficient (Wildman–Crippen LogP) is 2.70. The molecule has 7 heteroatoms. The van der Waals surface area contributed by atoms with E-state index in [0.717, 1.165) is 0 Å². The van der Waals surface area contributed by atoms with E-state index in [2.05, 4.69) is 5.32 Å². The number of nitrogens with one attached hydrogen (secondary N) is 1. The molecule has 1 amide bonds. The van der Waals surface area contributed by atoms with Crippen molar-refractivity contribution in [3.8, 4) is 0 Å². The summed E-state index contributed by atoms with van der Waals surface area (Å²) in [6.07, 6.45) is 1.86. The van der Waals surface area contributed by atoms with E-state index >= 15 is 0 Å². The molecule has 1 rings (SSSR count). The van der Waals surface area contributed by atoms with Crippen LogP contribution in [0.1, 0.15) is 12.5 Å². The Hall–Kier alpha value is -1.56.